The zero-order chi connectivity index (χ0) is 57.0. The molecular formula is C36H52N13O25P4+. The van der Waals surface area contributed by atoms with Crippen LogP contribution in [-0.2, 0) is 75.3 Å². The lowest BCUT2D eigenvalue weighted by atomic mass is 9.94. The molecule has 16 atom stereocenters. The minimum absolute atomic E-state index is 0.00137. The van der Waals surface area contributed by atoms with Gasteiger partial charge in [-0.2, -0.15) is 8.62 Å². The standard InChI is InChI=1S/C36H51N13O25P4/c1-5-46-14-49(30-22(46)31(55)44-35(38)43-30)32-23(52)15(8-20(51)45(2)3)16(69-32)9-67-76(59,60)73-78(63,64)74-77(61,62)68-11-18-26(27(65-4)34(71-18)48-13-41-21-28(37)39-12-40-29(21)48)72-75(57,58)66-10-17-24(53)25(54)33(70-17)47-7-6-19(50)42-36(47)56/h6-7,12-18,23-27,32-34,52-54H,5,8-11H2,1-4H3,(H9-,37,38,39,40,42,43,44,50,55,56,57,58,59,60,61,62,63,64)/p+1/t15-,16-,17-,18?,23-,24-,25-,26-,27-,32-,33-,34-/m1/s1. The summed E-state index contributed by atoms with van der Waals surface area (Å²) in [6.45, 7) is -1.44. The van der Waals surface area contributed by atoms with Gasteiger partial charge in [0, 0.05) is 45.8 Å². The molecule has 0 bridgehead atoms. The monoisotopic (exact) mass is 1190 g/mol. The van der Waals surface area contributed by atoms with Gasteiger partial charge in [0.1, 0.15) is 54.6 Å². The van der Waals surface area contributed by atoms with Crippen LogP contribution in [0.3, 0.4) is 0 Å². The number of H-pyrrole nitrogens is 2. The number of phosphoric ester groups is 3. The average molecular weight is 1190 g/mol. The number of methoxy groups -OCH3 is 1. The quantitative estimate of drug-likeness (QED) is 0.0235. The Bertz CT molecular complexity index is 3430. The van der Waals surface area contributed by atoms with Crippen molar-refractivity contribution in [3.8, 4) is 0 Å². The lowest BCUT2D eigenvalue weighted by Crippen LogP contribution is -2.45. The summed E-state index contributed by atoms with van der Waals surface area (Å²) >= 11 is 0. The number of imidazole rings is 2. The fourth-order valence-corrected chi connectivity index (χ4v) is 13.1. The van der Waals surface area contributed by atoms with Crippen LogP contribution in [0.4, 0.5) is 11.8 Å². The summed E-state index contributed by atoms with van der Waals surface area (Å²) in [6.07, 6.45) is -14.3. The van der Waals surface area contributed by atoms with Gasteiger partial charge in [0.15, 0.2) is 30.2 Å². The average Bonchev–Trinajstić information content (AvgIpc) is 4.38. The van der Waals surface area contributed by atoms with E-state index in [4.69, 9.17) is 48.5 Å². The molecule has 42 heteroatoms. The minimum atomic E-state index is -6.24. The molecule has 8 heterocycles. The smallest absolute Gasteiger partial charge is 0.387 e. The van der Waals surface area contributed by atoms with Gasteiger partial charge in [-0.1, -0.05) is 4.98 Å². The summed E-state index contributed by atoms with van der Waals surface area (Å²) in [5.41, 5.74) is 9.26. The summed E-state index contributed by atoms with van der Waals surface area (Å²) < 4.78 is 110. The zero-order valence-corrected chi connectivity index (χ0v) is 44.4. The Hall–Kier alpha value is -5.11. The first-order valence-electron chi connectivity index (χ1n) is 22.7. The van der Waals surface area contributed by atoms with Gasteiger partial charge in [0.25, 0.3) is 17.1 Å². The second kappa shape index (κ2) is 22.8. The normalized spacial score (nSPS) is 29.6. The first-order valence-corrected chi connectivity index (χ1v) is 28.6. The van der Waals surface area contributed by atoms with Crippen molar-refractivity contribution in [3.05, 3.63) is 62.4 Å². The lowest BCUT2D eigenvalue weighted by molar-refractivity contribution is -0.746. The van der Waals surface area contributed by atoms with Crippen LogP contribution < -0.4 is 32.8 Å². The van der Waals surface area contributed by atoms with Crippen molar-refractivity contribution in [2.75, 3.05) is 52.5 Å². The molecule has 0 aliphatic carbocycles. The molecule has 3 fully saturated rings. The fraction of sp³-hybridized carbons (Fsp3) is 0.583. The first kappa shape index (κ1) is 59.0. The number of aryl methyl sites for hydroxylation is 1. The van der Waals surface area contributed by atoms with Crippen molar-refractivity contribution in [1.29, 1.82) is 0 Å². The molecule has 0 saturated carbocycles. The molecule has 3 aliphatic heterocycles. The largest absolute Gasteiger partial charge is 0.490 e. The van der Waals surface area contributed by atoms with E-state index >= 15 is 0 Å². The number of aromatic amines is 2. The predicted molar refractivity (Wildman–Crippen MR) is 253 cm³/mol. The lowest BCUT2D eigenvalue weighted by Gasteiger charge is -2.26. The maximum atomic E-state index is 13.6. The Morgan fingerprint density at radius 1 is 0.808 bits per heavy atom. The van der Waals surface area contributed by atoms with Crippen LogP contribution in [0, 0.1) is 5.92 Å². The van der Waals surface area contributed by atoms with Gasteiger partial charge in [0.05, 0.1) is 38.8 Å². The number of fused-ring (bicyclic) bond motifs is 2. The van der Waals surface area contributed by atoms with Crippen molar-refractivity contribution < 1.29 is 108 Å². The number of nitrogens with two attached hydrogens (primary N) is 2. The Kier molecular flexibility index (Phi) is 17.2. The second-order valence-electron chi connectivity index (χ2n) is 17.6. The Morgan fingerprint density at radius 3 is 2.09 bits per heavy atom. The van der Waals surface area contributed by atoms with E-state index in [2.05, 4.69) is 33.5 Å². The Balaban J connectivity index is 0.954. The Morgan fingerprint density at radius 2 is 1.45 bits per heavy atom. The number of aromatic nitrogens is 10. The molecule has 3 saturated heterocycles. The highest BCUT2D eigenvalue weighted by Gasteiger charge is 2.54. The van der Waals surface area contributed by atoms with Crippen molar-refractivity contribution >= 4 is 71.3 Å². The van der Waals surface area contributed by atoms with Crippen LogP contribution in [0.25, 0.3) is 22.3 Å². The molecule has 0 radical (unpaired) electrons. The molecule has 430 valence electrons. The van der Waals surface area contributed by atoms with E-state index in [-0.39, 0.29) is 40.6 Å². The van der Waals surface area contributed by atoms with E-state index in [1.165, 1.54) is 39.0 Å². The van der Waals surface area contributed by atoms with Gasteiger partial charge in [-0.05, 0) is 6.92 Å². The van der Waals surface area contributed by atoms with Crippen LogP contribution >= 0.6 is 31.3 Å². The van der Waals surface area contributed by atoms with Crippen LogP contribution in [-0.4, -0.2) is 179 Å². The number of aliphatic hydroxyl groups is 3. The molecular weight excluding hydrogens is 1140 g/mol. The van der Waals surface area contributed by atoms with Crippen molar-refractivity contribution in [3.63, 3.8) is 0 Å². The number of nitrogens with one attached hydrogen (secondary N) is 2. The summed E-state index contributed by atoms with van der Waals surface area (Å²) in [5.74, 6) is -2.19. The third kappa shape index (κ3) is 12.6. The molecule has 5 unspecified atom stereocenters. The molecule has 5 aromatic rings. The molecule has 38 nitrogen and oxygen atoms in total. The van der Waals surface area contributed by atoms with E-state index in [1.54, 1.807) is 6.92 Å². The highest BCUT2D eigenvalue weighted by atomic mass is 31.3. The van der Waals surface area contributed by atoms with Gasteiger partial charge in [-0.15, -0.1) is 0 Å². The number of hydrogen-bond donors (Lipinski definition) is 11. The number of rotatable bonds is 22. The summed E-state index contributed by atoms with van der Waals surface area (Å²) in [6, 6.07) is 0.921. The summed E-state index contributed by atoms with van der Waals surface area (Å²) in [7, 11) is -19.7. The molecule has 78 heavy (non-hydrogen) atoms. The number of nitrogen functional groups attached to an aromatic ring is 2. The second-order valence-corrected chi connectivity index (χ2v) is 23.6. The highest BCUT2D eigenvalue weighted by molar-refractivity contribution is 7.66. The molecule has 3 aliphatic rings. The number of amides is 1. The minimum Gasteiger partial charge on any atom is -0.387 e. The molecule has 13 N–H and O–H groups in total. The zero-order valence-electron chi connectivity index (χ0n) is 40.8. The van der Waals surface area contributed by atoms with Gasteiger partial charge in [-0.25, -0.2) is 42.6 Å². The van der Waals surface area contributed by atoms with E-state index in [9.17, 15) is 72.3 Å². The maximum Gasteiger partial charge on any atom is 0.490 e. The fourth-order valence-electron chi connectivity index (χ4n) is 8.66. The number of phosphoric acid groups is 4. The third-order valence-corrected chi connectivity index (χ3v) is 17.5. The SMILES string of the molecule is CCn1c[n+]([C@@H]2O[C@H](COP(=O)(O)OP(=O)(O)OP(=O)(O)OCC3O[C@@H](n4cnc5c(N)ncnc54)[C@H](OC)[C@@H]3OP(=O)(O)OC[C@H]3O[C@@H](n4ccc(=O)[nH]c4=O)[C@H](O)[C@@H]3O)[C@@H](CC(=O)N(C)C)[C@H]2O)c2nc(N)[nH]c(=O)c21. The van der Waals surface area contributed by atoms with Gasteiger partial charge < -0.3 is 70.2 Å². The number of carbonyl (C=O) groups is 1. The van der Waals surface area contributed by atoms with E-state index in [0.717, 1.165) is 36.6 Å². The van der Waals surface area contributed by atoms with Crippen LogP contribution in [0.2, 0.25) is 0 Å². The number of ether oxygens (including phenoxy) is 4. The Labute approximate surface area is 435 Å². The predicted octanol–water partition coefficient (Wildman–Crippen LogP) is -3.66. The molecule has 8 rings (SSSR count). The number of nitrogens with zero attached hydrogens (tertiary/aromatic N) is 9. The maximum absolute atomic E-state index is 13.6. The summed E-state index contributed by atoms with van der Waals surface area (Å²) in [5, 5.41) is 32.8. The van der Waals surface area contributed by atoms with Crippen LogP contribution in [0.5, 0.6) is 0 Å². The number of anilines is 2. The molecule has 1 amide bonds. The van der Waals surface area contributed by atoms with Crippen LogP contribution in [0.15, 0.2) is 45.6 Å². The molecule has 0 spiro atoms. The van der Waals surface area contributed by atoms with E-state index in [0.29, 0.717) is 0 Å². The molecule has 0 aromatic carbocycles. The summed E-state index contributed by atoms with van der Waals surface area (Å²) in [4.78, 5) is 114. The van der Waals surface area contributed by atoms with Gasteiger partial charge in [0.2, 0.25) is 17.7 Å². The topological polar surface area (TPSA) is 528 Å². The number of carbonyl (C=O) groups excluding carboxylic acids is 1. The third-order valence-electron chi connectivity index (χ3n) is 12.3. The first-order chi connectivity index (χ1) is 36.5. The highest BCUT2D eigenvalue weighted by Crippen LogP contribution is 2.68. The van der Waals surface area contributed by atoms with Crippen molar-refractivity contribution in [2.24, 2.45) is 5.92 Å². The number of hydrogen-bond acceptors (Lipinski definition) is 27. The van der Waals surface area contributed by atoms with Gasteiger partial charge in [-0.3, -0.25) is 56.1 Å². The van der Waals surface area contributed by atoms with E-state index < -0.39 is 154 Å². The van der Waals surface area contributed by atoms with Gasteiger partial charge >= 0.3 is 42.6 Å². The van der Waals surface area contributed by atoms with Crippen molar-refractivity contribution in [1.82, 2.24) is 48.5 Å². The molecule has 5 aromatic heterocycles. The number of aliphatic hydroxyl groups excluding tert-OH is 3. The van der Waals surface area contributed by atoms with E-state index in [1.807, 2.05) is 4.98 Å². The van der Waals surface area contributed by atoms with Crippen molar-refractivity contribution in [2.45, 2.75) is 87.4 Å². The van der Waals surface area contributed by atoms with Crippen LogP contribution in [0.1, 0.15) is 32.0 Å².